The summed E-state index contributed by atoms with van der Waals surface area (Å²) in [5.41, 5.74) is 4.05. The molecule has 16 heavy (non-hydrogen) atoms. The molecule has 2 nitrogen and oxygen atoms in total. The number of halogens is 5. The molecule has 0 heterocycles. The van der Waals surface area contributed by atoms with E-state index in [-0.39, 0.29) is 18.0 Å². The van der Waals surface area contributed by atoms with Crippen LogP contribution in [0.15, 0.2) is 12.1 Å². The molecule has 0 saturated carbocycles. The number of aryl methyl sites for hydroxylation is 1. The van der Waals surface area contributed by atoms with E-state index in [2.05, 4.69) is 0 Å². The van der Waals surface area contributed by atoms with Crippen LogP contribution in [-0.2, 0) is 0 Å². The molecule has 0 amide bonds. The van der Waals surface area contributed by atoms with Gasteiger partial charge in [0.1, 0.15) is 17.6 Å². The van der Waals surface area contributed by atoms with Gasteiger partial charge in [0, 0.05) is 0 Å². The Hall–Kier alpha value is -1.01. The van der Waals surface area contributed by atoms with Crippen molar-refractivity contribution >= 4 is 12.4 Å². The Morgan fingerprint density at radius 2 is 1.81 bits per heavy atom. The van der Waals surface area contributed by atoms with Crippen LogP contribution in [0.1, 0.15) is 17.2 Å². The van der Waals surface area contributed by atoms with Gasteiger partial charge in [0.2, 0.25) is 0 Å². The van der Waals surface area contributed by atoms with E-state index in [1.165, 1.54) is 13.0 Å². The van der Waals surface area contributed by atoms with Crippen LogP contribution in [0.2, 0.25) is 0 Å². The van der Waals surface area contributed by atoms with Crippen molar-refractivity contribution in [2.24, 2.45) is 5.73 Å². The van der Waals surface area contributed by atoms with Crippen molar-refractivity contribution in [1.82, 2.24) is 0 Å². The van der Waals surface area contributed by atoms with Crippen LogP contribution in [0, 0.1) is 12.7 Å². The van der Waals surface area contributed by atoms with Gasteiger partial charge in [-0.1, -0.05) is 6.07 Å². The molecular weight excluding hydrogens is 250 g/mol. The topological polar surface area (TPSA) is 46.2 Å². The maximum atomic E-state index is 13.1. The highest BCUT2D eigenvalue weighted by Gasteiger charge is 2.41. The predicted molar refractivity (Wildman–Crippen MR) is 53.0 cm³/mol. The summed E-state index contributed by atoms with van der Waals surface area (Å²) in [6, 6.07) is -0.495. The normalized spacial score (nSPS) is 13.1. The molecule has 1 aromatic rings. The molecule has 1 aromatic carbocycles. The monoisotopic (exact) mass is 259 g/mol. The lowest BCUT2D eigenvalue weighted by Crippen LogP contribution is -2.29. The van der Waals surface area contributed by atoms with Crippen LogP contribution >= 0.6 is 12.4 Å². The largest absolute Gasteiger partial charge is 0.507 e. The van der Waals surface area contributed by atoms with Gasteiger partial charge in [-0.15, -0.1) is 12.4 Å². The Balaban J connectivity index is 0.00000225. The first-order valence-corrected chi connectivity index (χ1v) is 4.05. The highest BCUT2D eigenvalue weighted by atomic mass is 35.5. The molecule has 92 valence electrons. The Bertz CT molecular complexity index is 381. The van der Waals surface area contributed by atoms with Crippen LogP contribution in [0.25, 0.3) is 0 Å². The molecule has 0 unspecified atom stereocenters. The standard InChI is InChI=1S/C9H9F4NO.ClH/c1-4-2-3-5(10)6(7(4)15)8(14)9(11,12)13;/h2-3,8,15H,14H2,1H3;1H/t8-;/m1./s1. The Morgan fingerprint density at radius 3 is 2.25 bits per heavy atom. The summed E-state index contributed by atoms with van der Waals surface area (Å²) in [5.74, 6) is -1.91. The van der Waals surface area contributed by atoms with Gasteiger partial charge in [0.25, 0.3) is 0 Å². The average molecular weight is 260 g/mol. The Labute approximate surface area is 95.5 Å². The quantitative estimate of drug-likeness (QED) is 0.762. The van der Waals surface area contributed by atoms with Crippen LogP contribution in [-0.4, -0.2) is 11.3 Å². The van der Waals surface area contributed by atoms with Crippen molar-refractivity contribution in [3.63, 3.8) is 0 Å². The minimum Gasteiger partial charge on any atom is -0.507 e. The van der Waals surface area contributed by atoms with Crippen molar-refractivity contribution < 1.29 is 22.7 Å². The molecule has 1 rings (SSSR count). The second-order valence-electron chi connectivity index (χ2n) is 3.15. The molecule has 0 radical (unpaired) electrons. The number of benzene rings is 1. The van der Waals surface area contributed by atoms with Crippen LogP contribution in [0.4, 0.5) is 17.6 Å². The molecule has 0 aromatic heterocycles. The van der Waals surface area contributed by atoms with Crippen molar-refractivity contribution in [2.75, 3.05) is 0 Å². The third-order valence-electron chi connectivity index (χ3n) is 2.03. The lowest BCUT2D eigenvalue weighted by Gasteiger charge is -2.18. The number of phenols is 1. The van der Waals surface area contributed by atoms with Crippen molar-refractivity contribution in [2.45, 2.75) is 19.1 Å². The first-order chi connectivity index (χ1) is 6.75. The number of nitrogens with two attached hydrogens (primary N) is 1. The third kappa shape index (κ3) is 2.76. The summed E-state index contributed by atoms with van der Waals surface area (Å²) in [6.07, 6.45) is -4.79. The van der Waals surface area contributed by atoms with Gasteiger partial charge in [-0.3, -0.25) is 0 Å². The minimum atomic E-state index is -4.79. The number of alkyl halides is 3. The number of hydrogen-bond acceptors (Lipinski definition) is 2. The van der Waals surface area contributed by atoms with Gasteiger partial charge in [-0.2, -0.15) is 13.2 Å². The average Bonchev–Trinajstić information content (AvgIpc) is 2.10. The van der Waals surface area contributed by atoms with Crippen molar-refractivity contribution in [3.05, 3.63) is 29.1 Å². The van der Waals surface area contributed by atoms with Crippen molar-refractivity contribution in [1.29, 1.82) is 0 Å². The highest BCUT2D eigenvalue weighted by molar-refractivity contribution is 5.85. The van der Waals surface area contributed by atoms with Gasteiger partial charge in [-0.25, -0.2) is 4.39 Å². The van der Waals surface area contributed by atoms with E-state index in [1.807, 2.05) is 0 Å². The Morgan fingerprint density at radius 1 is 1.31 bits per heavy atom. The van der Waals surface area contributed by atoms with Gasteiger partial charge < -0.3 is 10.8 Å². The summed E-state index contributed by atoms with van der Waals surface area (Å²) in [4.78, 5) is 0. The van der Waals surface area contributed by atoms with E-state index in [4.69, 9.17) is 5.73 Å². The molecule has 0 spiro atoms. The third-order valence-corrected chi connectivity index (χ3v) is 2.03. The lowest BCUT2D eigenvalue weighted by atomic mass is 10.0. The first-order valence-electron chi connectivity index (χ1n) is 4.05. The summed E-state index contributed by atoms with van der Waals surface area (Å²) in [6.45, 7) is 1.36. The van der Waals surface area contributed by atoms with E-state index in [9.17, 15) is 22.7 Å². The van der Waals surface area contributed by atoms with Gasteiger partial charge in [0.05, 0.1) is 5.56 Å². The number of aromatic hydroxyl groups is 1. The molecule has 3 N–H and O–H groups in total. The number of hydrogen-bond donors (Lipinski definition) is 2. The molecule has 0 aliphatic rings. The maximum Gasteiger partial charge on any atom is 0.407 e. The summed E-state index contributed by atoms with van der Waals surface area (Å²) >= 11 is 0. The second-order valence-corrected chi connectivity index (χ2v) is 3.15. The van der Waals surface area contributed by atoms with Crippen LogP contribution in [0.3, 0.4) is 0 Å². The zero-order valence-electron chi connectivity index (χ0n) is 8.18. The predicted octanol–water partition coefficient (Wildman–Crippen LogP) is 2.82. The summed E-state index contributed by atoms with van der Waals surface area (Å²) in [7, 11) is 0. The highest BCUT2D eigenvalue weighted by Crippen LogP contribution is 2.37. The van der Waals surface area contributed by atoms with Gasteiger partial charge >= 0.3 is 6.18 Å². The second kappa shape index (κ2) is 4.88. The summed E-state index contributed by atoms with van der Waals surface area (Å²) in [5, 5.41) is 9.29. The number of phenolic OH excluding ortho intramolecular Hbond substituents is 1. The minimum absolute atomic E-state index is 0. The molecule has 0 bridgehead atoms. The van der Waals surface area contributed by atoms with E-state index < -0.39 is 29.3 Å². The van der Waals surface area contributed by atoms with Crippen LogP contribution in [0.5, 0.6) is 5.75 Å². The first kappa shape index (κ1) is 15.0. The molecule has 0 aliphatic carbocycles. The maximum absolute atomic E-state index is 13.1. The SMILES string of the molecule is Cc1ccc(F)c([C@@H](N)C(F)(F)F)c1O.Cl. The zero-order valence-corrected chi connectivity index (χ0v) is 8.99. The fraction of sp³-hybridized carbons (Fsp3) is 0.333. The number of rotatable bonds is 1. The van der Waals surface area contributed by atoms with E-state index >= 15 is 0 Å². The zero-order chi connectivity index (χ0) is 11.8. The molecule has 1 atom stereocenters. The fourth-order valence-electron chi connectivity index (χ4n) is 1.15. The van der Waals surface area contributed by atoms with Gasteiger partial charge in [0.15, 0.2) is 0 Å². The lowest BCUT2D eigenvalue weighted by molar-refractivity contribution is -0.150. The smallest absolute Gasteiger partial charge is 0.407 e. The van der Waals surface area contributed by atoms with E-state index in [1.54, 1.807) is 0 Å². The fourth-order valence-corrected chi connectivity index (χ4v) is 1.15. The molecule has 0 aliphatic heterocycles. The van der Waals surface area contributed by atoms with E-state index in [0.29, 0.717) is 0 Å². The van der Waals surface area contributed by atoms with E-state index in [0.717, 1.165) is 6.07 Å². The Kier molecular flexibility index (Phi) is 4.57. The van der Waals surface area contributed by atoms with Crippen LogP contribution < -0.4 is 5.73 Å². The molecular formula is C9H10ClF4NO. The summed E-state index contributed by atoms with van der Waals surface area (Å²) < 4.78 is 49.7. The molecule has 0 fully saturated rings. The molecule has 0 saturated heterocycles. The van der Waals surface area contributed by atoms with Crippen molar-refractivity contribution in [3.8, 4) is 5.75 Å². The molecule has 7 heteroatoms. The van der Waals surface area contributed by atoms with Gasteiger partial charge in [-0.05, 0) is 18.6 Å².